The average molecular weight is 427 g/mol. The van der Waals surface area contributed by atoms with Crippen LogP contribution in [0.25, 0.3) is 0 Å². The zero-order chi connectivity index (χ0) is 20.4. The van der Waals surface area contributed by atoms with Gasteiger partial charge in [-0.15, -0.1) is 0 Å². The molecule has 2 rings (SSSR count). The molecule has 1 aliphatic rings. The van der Waals surface area contributed by atoms with E-state index in [1.54, 1.807) is 18.2 Å². The molecular formula is C21H28Cl2N2O3. The SMILES string of the molecule is O=C(CCCCCCCCCCN1C(=O)CCC1=O)Nc1cc(Cl)ccc1Cl. The van der Waals surface area contributed by atoms with Gasteiger partial charge in [-0.25, -0.2) is 0 Å². The number of carbonyl (C=O) groups excluding carboxylic acids is 3. The maximum atomic E-state index is 12.0. The highest BCUT2D eigenvalue weighted by Crippen LogP contribution is 2.25. The Balaban J connectivity index is 1.44. The topological polar surface area (TPSA) is 66.5 Å². The zero-order valence-corrected chi connectivity index (χ0v) is 17.7. The van der Waals surface area contributed by atoms with Gasteiger partial charge in [0.1, 0.15) is 0 Å². The summed E-state index contributed by atoms with van der Waals surface area (Å²) >= 11 is 11.9. The first kappa shape index (κ1) is 22.7. The molecule has 0 bridgehead atoms. The van der Waals surface area contributed by atoms with Gasteiger partial charge in [0.2, 0.25) is 17.7 Å². The van der Waals surface area contributed by atoms with Crippen molar-refractivity contribution in [1.82, 2.24) is 4.90 Å². The lowest BCUT2D eigenvalue weighted by molar-refractivity contribution is -0.138. The monoisotopic (exact) mass is 426 g/mol. The van der Waals surface area contributed by atoms with E-state index in [2.05, 4.69) is 5.32 Å². The Kier molecular flexibility index (Phi) is 9.79. The van der Waals surface area contributed by atoms with Gasteiger partial charge in [0, 0.05) is 30.8 Å². The first-order valence-corrected chi connectivity index (χ1v) is 10.8. The van der Waals surface area contributed by atoms with Gasteiger partial charge >= 0.3 is 0 Å². The Morgan fingerprint density at radius 3 is 2.11 bits per heavy atom. The van der Waals surface area contributed by atoms with Gasteiger partial charge in [-0.3, -0.25) is 19.3 Å². The number of imide groups is 1. The van der Waals surface area contributed by atoms with E-state index in [1.165, 1.54) is 4.90 Å². The minimum atomic E-state index is -0.0461. The van der Waals surface area contributed by atoms with Gasteiger partial charge in [0.05, 0.1) is 10.7 Å². The summed E-state index contributed by atoms with van der Waals surface area (Å²) in [5.41, 5.74) is 0.552. The van der Waals surface area contributed by atoms with Gasteiger partial charge < -0.3 is 5.32 Å². The van der Waals surface area contributed by atoms with Crippen LogP contribution in [0.2, 0.25) is 10.0 Å². The number of halogens is 2. The van der Waals surface area contributed by atoms with Crippen molar-refractivity contribution in [3.05, 3.63) is 28.2 Å². The average Bonchev–Trinajstić information content (AvgIpc) is 2.98. The fraction of sp³-hybridized carbons (Fsp3) is 0.571. The molecule has 7 heteroatoms. The molecule has 154 valence electrons. The van der Waals surface area contributed by atoms with Crippen molar-refractivity contribution in [2.45, 2.75) is 70.6 Å². The summed E-state index contributed by atoms with van der Waals surface area (Å²) in [6.45, 7) is 0.573. The molecule has 5 nitrogen and oxygen atoms in total. The summed E-state index contributed by atoms with van der Waals surface area (Å²) in [5.74, 6) is -0.0893. The van der Waals surface area contributed by atoms with E-state index in [0.29, 0.717) is 41.5 Å². The number of hydrogen-bond acceptors (Lipinski definition) is 3. The van der Waals surface area contributed by atoms with Crippen LogP contribution in [0.4, 0.5) is 5.69 Å². The molecule has 1 aliphatic heterocycles. The normalized spacial score (nSPS) is 14.0. The third-order valence-corrected chi connectivity index (χ3v) is 5.46. The van der Waals surface area contributed by atoms with Gasteiger partial charge in [0.25, 0.3) is 0 Å². The first-order chi connectivity index (χ1) is 13.5. The molecule has 0 atom stereocenters. The molecule has 0 saturated carbocycles. The lowest BCUT2D eigenvalue weighted by Gasteiger charge is -2.13. The van der Waals surface area contributed by atoms with Crippen LogP contribution in [0.15, 0.2) is 18.2 Å². The number of hydrogen-bond donors (Lipinski definition) is 1. The summed E-state index contributed by atoms with van der Waals surface area (Å²) < 4.78 is 0. The van der Waals surface area contributed by atoms with Crippen LogP contribution in [-0.4, -0.2) is 29.2 Å². The second-order valence-electron chi connectivity index (χ2n) is 7.19. The van der Waals surface area contributed by atoms with Crippen LogP contribution >= 0.6 is 23.2 Å². The van der Waals surface area contributed by atoms with E-state index in [4.69, 9.17) is 23.2 Å². The van der Waals surface area contributed by atoms with Gasteiger partial charge in [-0.1, -0.05) is 61.7 Å². The molecule has 1 fully saturated rings. The molecule has 0 unspecified atom stereocenters. The van der Waals surface area contributed by atoms with Gasteiger partial charge in [-0.2, -0.15) is 0 Å². The summed E-state index contributed by atoms with van der Waals surface area (Å²) in [6, 6.07) is 5.00. The molecule has 28 heavy (non-hydrogen) atoms. The van der Waals surface area contributed by atoms with Crippen molar-refractivity contribution in [3.8, 4) is 0 Å². The predicted molar refractivity (Wildman–Crippen MR) is 113 cm³/mol. The highest BCUT2D eigenvalue weighted by Gasteiger charge is 2.27. The third kappa shape index (κ3) is 7.80. The molecule has 0 aliphatic carbocycles. The smallest absolute Gasteiger partial charge is 0.229 e. The maximum Gasteiger partial charge on any atom is 0.229 e. The van der Waals surface area contributed by atoms with Crippen LogP contribution < -0.4 is 5.32 Å². The van der Waals surface area contributed by atoms with Crippen molar-refractivity contribution >= 4 is 46.6 Å². The minimum Gasteiger partial charge on any atom is -0.325 e. The van der Waals surface area contributed by atoms with Crippen LogP contribution in [-0.2, 0) is 14.4 Å². The van der Waals surface area contributed by atoms with E-state index in [9.17, 15) is 14.4 Å². The summed E-state index contributed by atoms with van der Waals surface area (Å²) in [5, 5.41) is 3.82. The Labute approximate surface area is 176 Å². The minimum absolute atomic E-state index is 0.0216. The number of carbonyl (C=O) groups is 3. The molecule has 1 heterocycles. The maximum absolute atomic E-state index is 12.0. The quantitative estimate of drug-likeness (QED) is 0.349. The lowest BCUT2D eigenvalue weighted by atomic mass is 10.1. The Bertz CT molecular complexity index is 678. The fourth-order valence-electron chi connectivity index (χ4n) is 3.29. The zero-order valence-electron chi connectivity index (χ0n) is 16.1. The van der Waals surface area contributed by atoms with Gasteiger partial charge in [-0.05, 0) is 31.0 Å². The number of nitrogens with one attached hydrogen (secondary N) is 1. The van der Waals surface area contributed by atoms with E-state index >= 15 is 0 Å². The highest BCUT2D eigenvalue weighted by molar-refractivity contribution is 6.35. The number of unbranched alkanes of at least 4 members (excludes halogenated alkanes) is 7. The van der Waals surface area contributed by atoms with Crippen LogP contribution in [0.5, 0.6) is 0 Å². The Hall–Kier alpha value is -1.59. The van der Waals surface area contributed by atoms with E-state index in [1.807, 2.05) is 0 Å². The second-order valence-corrected chi connectivity index (χ2v) is 8.03. The van der Waals surface area contributed by atoms with Gasteiger partial charge in [0.15, 0.2) is 0 Å². The molecule has 1 N–H and O–H groups in total. The van der Waals surface area contributed by atoms with Crippen molar-refractivity contribution in [2.24, 2.45) is 0 Å². The number of likely N-dealkylation sites (tertiary alicyclic amines) is 1. The number of benzene rings is 1. The summed E-state index contributed by atoms with van der Waals surface area (Å²) in [4.78, 5) is 36.4. The number of amides is 3. The van der Waals surface area contributed by atoms with Crippen molar-refractivity contribution in [3.63, 3.8) is 0 Å². The Morgan fingerprint density at radius 1 is 0.893 bits per heavy atom. The largest absolute Gasteiger partial charge is 0.325 e. The fourth-order valence-corrected chi connectivity index (χ4v) is 3.63. The van der Waals surface area contributed by atoms with Crippen LogP contribution in [0, 0.1) is 0 Å². The second kappa shape index (κ2) is 12.1. The number of rotatable bonds is 12. The molecule has 1 saturated heterocycles. The molecule has 1 aromatic carbocycles. The Morgan fingerprint density at radius 2 is 1.46 bits per heavy atom. The molecule has 1 aromatic rings. The number of nitrogens with zero attached hydrogens (tertiary/aromatic N) is 1. The number of anilines is 1. The summed E-state index contributed by atoms with van der Waals surface area (Å²) in [6.07, 6.45) is 9.54. The van der Waals surface area contributed by atoms with E-state index in [-0.39, 0.29) is 17.7 Å². The lowest BCUT2D eigenvalue weighted by Crippen LogP contribution is -2.29. The van der Waals surface area contributed by atoms with Crippen molar-refractivity contribution < 1.29 is 14.4 Å². The summed E-state index contributed by atoms with van der Waals surface area (Å²) in [7, 11) is 0. The highest BCUT2D eigenvalue weighted by atomic mass is 35.5. The predicted octanol–water partition coefficient (Wildman–Crippen LogP) is 5.59. The molecule has 3 amide bonds. The van der Waals surface area contributed by atoms with Crippen molar-refractivity contribution in [1.29, 1.82) is 0 Å². The molecule has 0 radical (unpaired) electrons. The molecular weight excluding hydrogens is 399 g/mol. The van der Waals surface area contributed by atoms with Crippen LogP contribution in [0.3, 0.4) is 0 Å². The van der Waals surface area contributed by atoms with Crippen LogP contribution in [0.1, 0.15) is 70.6 Å². The van der Waals surface area contributed by atoms with E-state index in [0.717, 1.165) is 51.4 Å². The third-order valence-electron chi connectivity index (χ3n) is 4.89. The van der Waals surface area contributed by atoms with Crippen molar-refractivity contribution in [2.75, 3.05) is 11.9 Å². The molecule has 0 aromatic heterocycles. The standard InChI is InChI=1S/C21H28Cl2N2O3/c22-16-10-11-17(23)18(15-16)24-19(26)9-7-5-3-1-2-4-6-8-14-25-20(27)12-13-21(25)28/h10-11,15H,1-9,12-14H2,(H,24,26). The first-order valence-electron chi connectivity index (χ1n) is 10.1. The van der Waals surface area contributed by atoms with E-state index < -0.39 is 0 Å². The molecule has 0 spiro atoms.